The number of amides is 1. The van der Waals surface area contributed by atoms with Gasteiger partial charge in [0.05, 0.1) is 6.04 Å². The van der Waals surface area contributed by atoms with Gasteiger partial charge in [0.15, 0.2) is 0 Å². The second kappa shape index (κ2) is 6.64. The van der Waals surface area contributed by atoms with Gasteiger partial charge in [0.1, 0.15) is 6.10 Å². The third-order valence-electron chi connectivity index (χ3n) is 3.28. The summed E-state index contributed by atoms with van der Waals surface area (Å²) in [6, 6.07) is 5.89. The summed E-state index contributed by atoms with van der Waals surface area (Å²) in [6.45, 7) is 1.94. The van der Waals surface area contributed by atoms with Crippen molar-refractivity contribution in [3.63, 3.8) is 0 Å². The number of rotatable bonds is 4. The molecule has 1 aromatic carbocycles. The fourth-order valence-electron chi connectivity index (χ4n) is 2.24. The smallest absolute Gasteiger partial charge is 0.249 e. The lowest BCUT2D eigenvalue weighted by Crippen LogP contribution is -2.38. The first-order valence-electron chi connectivity index (χ1n) is 6.41. The Balaban J connectivity index is 2.15. The van der Waals surface area contributed by atoms with Gasteiger partial charge in [-0.2, -0.15) is 0 Å². The predicted molar refractivity (Wildman–Crippen MR) is 78.8 cm³/mol. The predicted octanol–water partition coefficient (Wildman–Crippen LogP) is 3.42. The highest BCUT2D eigenvalue weighted by molar-refractivity contribution is 7.99. The molecule has 1 amide bonds. The van der Waals surface area contributed by atoms with Gasteiger partial charge in [0, 0.05) is 22.8 Å². The van der Waals surface area contributed by atoms with Crippen LogP contribution in [0.1, 0.15) is 31.4 Å². The summed E-state index contributed by atoms with van der Waals surface area (Å²) in [6.07, 6.45) is 1.22. The van der Waals surface area contributed by atoms with Crippen LogP contribution in [0.5, 0.6) is 0 Å². The molecule has 104 valence electrons. The number of ether oxygens (including phenoxy) is 1. The Labute approximate surface area is 123 Å². The van der Waals surface area contributed by atoms with Crippen LogP contribution < -0.4 is 5.32 Å². The quantitative estimate of drug-likeness (QED) is 0.926. The maximum Gasteiger partial charge on any atom is 0.249 e. The zero-order valence-electron chi connectivity index (χ0n) is 11.1. The van der Waals surface area contributed by atoms with Gasteiger partial charge in [-0.3, -0.25) is 4.79 Å². The Bertz CT molecular complexity index is 463. The van der Waals surface area contributed by atoms with Crippen molar-refractivity contribution in [2.75, 3.05) is 12.9 Å². The van der Waals surface area contributed by atoms with Gasteiger partial charge in [-0.1, -0.05) is 18.5 Å². The number of methoxy groups -OCH3 is 1. The molecule has 1 heterocycles. The van der Waals surface area contributed by atoms with E-state index in [-0.39, 0.29) is 18.1 Å². The van der Waals surface area contributed by atoms with Crippen LogP contribution in [0.2, 0.25) is 5.02 Å². The highest BCUT2D eigenvalue weighted by Gasteiger charge is 2.25. The van der Waals surface area contributed by atoms with Crippen molar-refractivity contribution in [3.8, 4) is 0 Å². The number of carbonyl (C=O) groups excluding carboxylic acids is 1. The highest BCUT2D eigenvalue weighted by Crippen LogP contribution is 2.37. The van der Waals surface area contributed by atoms with Crippen molar-refractivity contribution in [3.05, 3.63) is 28.8 Å². The van der Waals surface area contributed by atoms with Crippen molar-refractivity contribution in [2.24, 2.45) is 0 Å². The molecule has 0 aliphatic carbocycles. The van der Waals surface area contributed by atoms with Gasteiger partial charge in [0.25, 0.3) is 0 Å². The van der Waals surface area contributed by atoms with Gasteiger partial charge in [-0.25, -0.2) is 0 Å². The Morgan fingerprint density at radius 3 is 3.11 bits per heavy atom. The molecule has 1 N–H and O–H groups in total. The van der Waals surface area contributed by atoms with Gasteiger partial charge in [-0.15, -0.1) is 11.8 Å². The fourth-order valence-corrected chi connectivity index (χ4v) is 3.53. The summed E-state index contributed by atoms with van der Waals surface area (Å²) in [5, 5.41) is 3.78. The van der Waals surface area contributed by atoms with Crippen LogP contribution >= 0.6 is 23.4 Å². The molecular formula is C14H18ClNO2S. The van der Waals surface area contributed by atoms with Crippen molar-refractivity contribution in [1.82, 2.24) is 5.32 Å². The molecule has 5 heteroatoms. The molecule has 0 saturated carbocycles. The third kappa shape index (κ3) is 3.44. The molecule has 1 aliphatic rings. The number of carbonyl (C=O) groups is 1. The van der Waals surface area contributed by atoms with Crippen molar-refractivity contribution >= 4 is 29.3 Å². The molecule has 1 aromatic rings. The molecule has 0 saturated heterocycles. The van der Waals surface area contributed by atoms with Crippen molar-refractivity contribution in [2.45, 2.75) is 36.8 Å². The van der Waals surface area contributed by atoms with Crippen LogP contribution in [-0.4, -0.2) is 24.9 Å². The number of benzene rings is 1. The number of hydrogen-bond acceptors (Lipinski definition) is 3. The van der Waals surface area contributed by atoms with Crippen LogP contribution in [0.15, 0.2) is 23.1 Å². The molecule has 0 bridgehead atoms. The first kappa shape index (κ1) is 14.7. The lowest BCUT2D eigenvalue weighted by molar-refractivity contribution is -0.132. The summed E-state index contributed by atoms with van der Waals surface area (Å²) >= 11 is 7.86. The summed E-state index contributed by atoms with van der Waals surface area (Å²) in [5.41, 5.74) is 1.11. The summed E-state index contributed by atoms with van der Waals surface area (Å²) in [5.74, 6) is 0.955. The third-order valence-corrected chi connectivity index (χ3v) is 4.63. The second-order valence-corrected chi connectivity index (χ2v) is 6.09. The van der Waals surface area contributed by atoms with Crippen LogP contribution in [0.25, 0.3) is 0 Å². The van der Waals surface area contributed by atoms with Crippen LogP contribution in [0.3, 0.4) is 0 Å². The fraction of sp³-hybridized carbons (Fsp3) is 0.500. The van der Waals surface area contributed by atoms with Gasteiger partial charge >= 0.3 is 0 Å². The maximum absolute atomic E-state index is 12.1. The molecule has 0 spiro atoms. The largest absolute Gasteiger partial charge is 0.372 e. The minimum atomic E-state index is -0.378. The number of fused-ring (bicyclic) bond motifs is 1. The van der Waals surface area contributed by atoms with E-state index in [0.717, 1.165) is 17.7 Å². The first-order valence-corrected chi connectivity index (χ1v) is 7.77. The lowest BCUT2D eigenvalue weighted by Gasteiger charge is -2.27. The Morgan fingerprint density at radius 1 is 1.63 bits per heavy atom. The zero-order valence-corrected chi connectivity index (χ0v) is 12.7. The van der Waals surface area contributed by atoms with Gasteiger partial charge in [-0.05, 0) is 36.6 Å². The normalized spacial score (nSPS) is 19.6. The Hall–Kier alpha value is -0.710. The maximum atomic E-state index is 12.1. The summed E-state index contributed by atoms with van der Waals surface area (Å²) in [4.78, 5) is 13.3. The molecule has 19 heavy (non-hydrogen) atoms. The monoisotopic (exact) mass is 299 g/mol. The first-order chi connectivity index (χ1) is 9.15. The Morgan fingerprint density at radius 2 is 2.42 bits per heavy atom. The van der Waals surface area contributed by atoms with E-state index in [2.05, 4.69) is 5.32 Å². The van der Waals surface area contributed by atoms with E-state index >= 15 is 0 Å². The summed E-state index contributed by atoms with van der Waals surface area (Å²) in [7, 11) is 1.56. The molecule has 0 unspecified atom stereocenters. The second-order valence-electron chi connectivity index (χ2n) is 4.51. The van der Waals surface area contributed by atoms with E-state index < -0.39 is 0 Å². The van der Waals surface area contributed by atoms with Crippen LogP contribution in [0, 0.1) is 0 Å². The van der Waals surface area contributed by atoms with Gasteiger partial charge in [0.2, 0.25) is 5.91 Å². The van der Waals surface area contributed by atoms with Crippen molar-refractivity contribution < 1.29 is 9.53 Å². The standard InChI is InChI=1S/C14H18ClNO2S/c1-3-12(18-2)14(17)16-11-6-7-19-13-5-4-9(15)8-10(11)13/h4-5,8,11-12H,3,6-7H2,1-2H3,(H,16,17)/t11-,12-/m1/s1. The number of hydrogen-bond donors (Lipinski definition) is 1. The van der Waals surface area contributed by atoms with Crippen molar-refractivity contribution in [1.29, 1.82) is 0 Å². The minimum Gasteiger partial charge on any atom is -0.372 e. The number of halogens is 1. The van der Waals surface area contributed by atoms with E-state index in [1.54, 1.807) is 18.9 Å². The van der Waals surface area contributed by atoms with E-state index in [9.17, 15) is 4.79 Å². The topological polar surface area (TPSA) is 38.3 Å². The zero-order chi connectivity index (χ0) is 13.8. The highest BCUT2D eigenvalue weighted by atomic mass is 35.5. The molecule has 2 rings (SSSR count). The number of nitrogens with one attached hydrogen (secondary N) is 1. The molecule has 1 aliphatic heterocycles. The molecule has 2 atom stereocenters. The Kier molecular flexibility index (Phi) is 5.13. The summed E-state index contributed by atoms with van der Waals surface area (Å²) < 4.78 is 5.17. The lowest BCUT2D eigenvalue weighted by atomic mass is 10.0. The SMILES string of the molecule is CC[C@@H](OC)C(=O)N[C@@H]1CCSc2ccc(Cl)cc21. The molecule has 0 radical (unpaired) electrons. The average molecular weight is 300 g/mol. The molecule has 0 fully saturated rings. The van der Waals surface area contributed by atoms with Crippen LogP contribution in [0.4, 0.5) is 0 Å². The minimum absolute atomic E-state index is 0.0339. The van der Waals surface area contributed by atoms with E-state index in [0.29, 0.717) is 11.4 Å². The van der Waals surface area contributed by atoms with Crippen LogP contribution in [-0.2, 0) is 9.53 Å². The van der Waals surface area contributed by atoms with E-state index in [1.165, 1.54) is 4.90 Å². The molecular weight excluding hydrogens is 282 g/mol. The average Bonchev–Trinajstić information content (AvgIpc) is 2.41. The molecule has 0 aromatic heterocycles. The van der Waals surface area contributed by atoms with E-state index in [1.807, 2.05) is 25.1 Å². The molecule has 3 nitrogen and oxygen atoms in total. The van der Waals surface area contributed by atoms with Gasteiger partial charge < -0.3 is 10.1 Å². The van der Waals surface area contributed by atoms with E-state index in [4.69, 9.17) is 16.3 Å². The number of thioether (sulfide) groups is 1.